The first-order valence-electron chi connectivity index (χ1n) is 9.39. The number of carbonyl (C=O) groups excluding carboxylic acids is 1. The summed E-state index contributed by atoms with van der Waals surface area (Å²) < 4.78 is 41.1. The second kappa shape index (κ2) is 10.6. The molecule has 1 amide bonds. The number of hydrogen-bond donors (Lipinski definition) is 2. The van der Waals surface area contributed by atoms with Crippen LogP contribution >= 0.6 is 23.4 Å². The summed E-state index contributed by atoms with van der Waals surface area (Å²) in [6.45, 7) is 4.48. The molecule has 11 heteroatoms. The minimum Gasteiger partial charge on any atom is -0.378 e. The van der Waals surface area contributed by atoms with Crippen molar-refractivity contribution in [2.75, 3.05) is 16.4 Å². The quantitative estimate of drug-likeness (QED) is 0.313. The third-order valence-corrected chi connectivity index (χ3v) is 5.42. The molecule has 168 valence electrons. The third-order valence-electron chi connectivity index (χ3n) is 4.22. The van der Waals surface area contributed by atoms with Gasteiger partial charge in [0.15, 0.2) is 11.0 Å². The number of carbonyl (C=O) groups is 1. The SMILES string of the molecule is C=CCn1c(CNc2cccc(Cl)c2)nnc1SCC(=O)Nc1ccccc1C(F)(F)F. The summed E-state index contributed by atoms with van der Waals surface area (Å²) >= 11 is 7.06. The van der Waals surface area contributed by atoms with Gasteiger partial charge in [-0.3, -0.25) is 4.79 Å². The number of anilines is 2. The van der Waals surface area contributed by atoms with Gasteiger partial charge >= 0.3 is 6.18 Å². The molecule has 0 fully saturated rings. The molecular formula is C21H19ClF3N5OS. The molecule has 0 saturated heterocycles. The van der Waals surface area contributed by atoms with Crippen molar-refractivity contribution in [1.82, 2.24) is 14.8 Å². The van der Waals surface area contributed by atoms with Gasteiger partial charge in [-0.25, -0.2) is 0 Å². The van der Waals surface area contributed by atoms with Crippen molar-refractivity contribution in [3.05, 3.63) is 77.6 Å². The van der Waals surface area contributed by atoms with Crippen LogP contribution < -0.4 is 10.6 Å². The Morgan fingerprint density at radius 3 is 2.69 bits per heavy atom. The topological polar surface area (TPSA) is 71.8 Å². The number of alkyl halides is 3. The lowest BCUT2D eigenvalue weighted by atomic mass is 10.1. The van der Waals surface area contributed by atoms with Gasteiger partial charge in [0.25, 0.3) is 0 Å². The summed E-state index contributed by atoms with van der Waals surface area (Å²) in [6, 6.07) is 12.0. The van der Waals surface area contributed by atoms with E-state index in [4.69, 9.17) is 11.6 Å². The molecule has 1 aromatic heterocycles. The van der Waals surface area contributed by atoms with Crippen LogP contribution in [0, 0.1) is 0 Å². The smallest absolute Gasteiger partial charge is 0.378 e. The summed E-state index contributed by atoms with van der Waals surface area (Å²) in [7, 11) is 0. The number of thioether (sulfide) groups is 1. The highest BCUT2D eigenvalue weighted by molar-refractivity contribution is 7.99. The number of nitrogens with zero attached hydrogens (tertiary/aromatic N) is 3. The van der Waals surface area contributed by atoms with Crippen LogP contribution in [0.5, 0.6) is 0 Å². The molecule has 0 aliphatic heterocycles. The second-order valence-electron chi connectivity index (χ2n) is 6.54. The first kappa shape index (κ1) is 23.7. The summed E-state index contributed by atoms with van der Waals surface area (Å²) in [5, 5.41) is 14.8. The molecule has 0 atom stereocenters. The fourth-order valence-electron chi connectivity index (χ4n) is 2.80. The van der Waals surface area contributed by atoms with E-state index in [-0.39, 0.29) is 11.4 Å². The van der Waals surface area contributed by atoms with Gasteiger partial charge in [-0.05, 0) is 30.3 Å². The Hall–Kier alpha value is -2.98. The molecule has 32 heavy (non-hydrogen) atoms. The van der Waals surface area contributed by atoms with Crippen LogP contribution in [0.4, 0.5) is 24.5 Å². The van der Waals surface area contributed by atoms with Crippen LogP contribution in [0.25, 0.3) is 0 Å². The average molecular weight is 482 g/mol. The lowest BCUT2D eigenvalue weighted by Crippen LogP contribution is -2.18. The molecule has 3 rings (SSSR count). The van der Waals surface area contributed by atoms with Crippen LogP contribution in [-0.2, 0) is 24.1 Å². The van der Waals surface area contributed by atoms with E-state index in [9.17, 15) is 18.0 Å². The molecule has 0 bridgehead atoms. The zero-order valence-corrected chi connectivity index (χ0v) is 18.3. The van der Waals surface area contributed by atoms with E-state index in [2.05, 4.69) is 27.4 Å². The second-order valence-corrected chi connectivity index (χ2v) is 7.92. The highest BCUT2D eigenvalue weighted by atomic mass is 35.5. The Bertz CT molecular complexity index is 1100. The van der Waals surface area contributed by atoms with E-state index in [1.165, 1.54) is 18.2 Å². The molecule has 6 nitrogen and oxygen atoms in total. The predicted molar refractivity (Wildman–Crippen MR) is 120 cm³/mol. The Morgan fingerprint density at radius 2 is 1.97 bits per heavy atom. The van der Waals surface area contributed by atoms with E-state index in [1.54, 1.807) is 22.8 Å². The number of aromatic nitrogens is 3. The largest absolute Gasteiger partial charge is 0.418 e. The Morgan fingerprint density at radius 1 is 1.19 bits per heavy atom. The molecule has 0 unspecified atom stereocenters. The third kappa shape index (κ3) is 6.27. The van der Waals surface area contributed by atoms with E-state index in [1.807, 2.05) is 12.1 Å². The van der Waals surface area contributed by atoms with Crippen molar-refractivity contribution >= 4 is 40.6 Å². The number of nitrogens with one attached hydrogen (secondary N) is 2. The van der Waals surface area contributed by atoms with Gasteiger partial charge in [-0.2, -0.15) is 13.2 Å². The van der Waals surface area contributed by atoms with Crippen LogP contribution in [0.3, 0.4) is 0 Å². The minimum atomic E-state index is -4.56. The molecule has 0 spiro atoms. The first-order chi connectivity index (χ1) is 15.3. The number of amides is 1. The van der Waals surface area contributed by atoms with Crippen LogP contribution in [-0.4, -0.2) is 26.4 Å². The number of para-hydroxylation sites is 1. The van der Waals surface area contributed by atoms with Crippen molar-refractivity contribution in [2.45, 2.75) is 24.4 Å². The van der Waals surface area contributed by atoms with Crippen LogP contribution in [0.15, 0.2) is 66.3 Å². The summed E-state index contributed by atoms with van der Waals surface area (Å²) in [5.74, 6) is -0.114. The normalized spacial score (nSPS) is 11.2. The standard InChI is InChI=1S/C21H19ClF3N5OS/c1-2-10-30-18(12-26-15-7-5-6-14(22)11-15)28-29-20(30)32-13-19(31)27-17-9-4-3-8-16(17)21(23,24)25/h2-9,11,26H,1,10,12-13H2,(H,27,31). The van der Waals surface area contributed by atoms with Crippen LogP contribution in [0.2, 0.25) is 5.02 Å². The number of hydrogen-bond acceptors (Lipinski definition) is 5. The molecule has 0 radical (unpaired) electrons. The van der Waals surface area contributed by atoms with Gasteiger partial charge in [-0.15, -0.1) is 16.8 Å². The summed E-state index contributed by atoms with van der Waals surface area (Å²) in [4.78, 5) is 12.3. The maximum Gasteiger partial charge on any atom is 0.418 e. The molecule has 3 aromatic rings. The highest BCUT2D eigenvalue weighted by Crippen LogP contribution is 2.34. The van der Waals surface area contributed by atoms with Crippen molar-refractivity contribution in [1.29, 1.82) is 0 Å². The van der Waals surface area contributed by atoms with Crippen molar-refractivity contribution in [3.63, 3.8) is 0 Å². The number of allylic oxidation sites excluding steroid dienone is 1. The monoisotopic (exact) mass is 481 g/mol. The van der Waals surface area contributed by atoms with E-state index < -0.39 is 17.6 Å². The molecule has 0 aliphatic rings. The van der Waals surface area contributed by atoms with Gasteiger partial charge in [0, 0.05) is 17.3 Å². The van der Waals surface area contributed by atoms with Gasteiger partial charge in [0.05, 0.1) is 23.5 Å². The Labute approximate surface area is 191 Å². The molecule has 0 saturated carbocycles. The number of rotatable bonds is 9. The van der Waals surface area contributed by atoms with Crippen molar-refractivity contribution < 1.29 is 18.0 Å². The molecule has 1 heterocycles. The summed E-state index contributed by atoms with van der Waals surface area (Å²) in [6.07, 6.45) is -2.90. The highest BCUT2D eigenvalue weighted by Gasteiger charge is 2.33. The van der Waals surface area contributed by atoms with Crippen molar-refractivity contribution in [2.24, 2.45) is 0 Å². The molecule has 0 aliphatic carbocycles. The van der Waals surface area contributed by atoms with Gasteiger partial charge in [-0.1, -0.05) is 47.6 Å². The van der Waals surface area contributed by atoms with Gasteiger partial charge < -0.3 is 15.2 Å². The maximum atomic E-state index is 13.1. The van der Waals surface area contributed by atoms with E-state index >= 15 is 0 Å². The van der Waals surface area contributed by atoms with E-state index in [0.29, 0.717) is 29.1 Å². The lowest BCUT2D eigenvalue weighted by molar-refractivity contribution is -0.137. The van der Waals surface area contributed by atoms with Crippen LogP contribution in [0.1, 0.15) is 11.4 Å². The Balaban J connectivity index is 1.65. The minimum absolute atomic E-state index is 0.136. The number of benzene rings is 2. The van der Waals surface area contributed by atoms with Gasteiger partial charge in [0.2, 0.25) is 5.91 Å². The first-order valence-corrected chi connectivity index (χ1v) is 10.8. The number of halogens is 4. The average Bonchev–Trinajstić information content (AvgIpc) is 3.12. The van der Waals surface area contributed by atoms with E-state index in [0.717, 1.165) is 23.5 Å². The molecular weight excluding hydrogens is 463 g/mol. The zero-order valence-electron chi connectivity index (χ0n) is 16.7. The fraction of sp³-hybridized carbons (Fsp3) is 0.190. The fourth-order valence-corrected chi connectivity index (χ4v) is 3.76. The summed E-state index contributed by atoms with van der Waals surface area (Å²) in [5.41, 5.74) is -0.380. The lowest BCUT2D eigenvalue weighted by Gasteiger charge is -2.13. The van der Waals surface area contributed by atoms with Gasteiger partial charge in [0.1, 0.15) is 0 Å². The zero-order chi connectivity index (χ0) is 23.1. The Kier molecular flexibility index (Phi) is 7.81. The molecule has 2 aromatic carbocycles. The predicted octanol–water partition coefficient (Wildman–Crippen LogP) is 5.48. The van der Waals surface area contributed by atoms with Crippen molar-refractivity contribution in [3.8, 4) is 0 Å². The maximum absolute atomic E-state index is 13.1. The molecule has 2 N–H and O–H groups in total.